The van der Waals surface area contributed by atoms with Gasteiger partial charge in [-0.25, -0.2) is 4.98 Å². The summed E-state index contributed by atoms with van der Waals surface area (Å²) < 4.78 is 1.61. The minimum atomic E-state index is -0.236. The van der Waals surface area contributed by atoms with Gasteiger partial charge in [-0.1, -0.05) is 6.42 Å². The van der Waals surface area contributed by atoms with Crippen LogP contribution in [0.2, 0.25) is 0 Å². The number of hydrogen-bond acceptors (Lipinski definition) is 4. The van der Waals surface area contributed by atoms with Gasteiger partial charge >= 0.3 is 0 Å². The van der Waals surface area contributed by atoms with Crippen molar-refractivity contribution in [2.75, 3.05) is 11.9 Å². The molecule has 5 nitrogen and oxygen atoms in total. The van der Waals surface area contributed by atoms with Crippen LogP contribution in [0.5, 0.6) is 0 Å². The summed E-state index contributed by atoms with van der Waals surface area (Å²) in [6, 6.07) is 0. The van der Waals surface area contributed by atoms with E-state index in [9.17, 15) is 9.90 Å². The summed E-state index contributed by atoms with van der Waals surface area (Å²) in [6.07, 6.45) is 6.02. The van der Waals surface area contributed by atoms with Gasteiger partial charge in [0.1, 0.15) is 0 Å². The summed E-state index contributed by atoms with van der Waals surface area (Å²) >= 11 is 0. The van der Waals surface area contributed by atoms with Crippen molar-refractivity contribution in [1.29, 1.82) is 0 Å². The number of aryl methyl sites for hydroxylation is 1. The number of rotatable bonds is 4. The van der Waals surface area contributed by atoms with E-state index >= 15 is 0 Å². The highest BCUT2D eigenvalue weighted by Crippen LogP contribution is 2.25. The predicted molar refractivity (Wildman–Crippen MR) is 66.0 cm³/mol. The molecule has 1 heterocycles. The Morgan fingerprint density at radius 2 is 2.41 bits per heavy atom. The number of hydrogen-bond donors (Lipinski definition) is 2. The van der Waals surface area contributed by atoms with E-state index in [2.05, 4.69) is 10.3 Å². The molecular formula is C12H19N3O2. The van der Waals surface area contributed by atoms with Crippen LogP contribution in [0.1, 0.15) is 26.2 Å². The van der Waals surface area contributed by atoms with Crippen LogP contribution in [-0.2, 0) is 6.54 Å². The third kappa shape index (κ3) is 2.66. The maximum absolute atomic E-state index is 11.9. The zero-order valence-electron chi connectivity index (χ0n) is 10.1. The molecule has 5 heteroatoms. The van der Waals surface area contributed by atoms with E-state index < -0.39 is 0 Å². The lowest BCUT2D eigenvalue weighted by molar-refractivity contribution is 0.138. The Kier molecular flexibility index (Phi) is 3.78. The molecule has 1 saturated carbocycles. The van der Waals surface area contributed by atoms with Crippen LogP contribution < -0.4 is 10.9 Å². The minimum absolute atomic E-state index is 0.0949. The fourth-order valence-electron chi connectivity index (χ4n) is 2.30. The molecule has 0 amide bonds. The van der Waals surface area contributed by atoms with Crippen LogP contribution in [0.15, 0.2) is 17.2 Å². The molecule has 1 aromatic heterocycles. The van der Waals surface area contributed by atoms with Crippen molar-refractivity contribution in [3.05, 3.63) is 22.7 Å². The van der Waals surface area contributed by atoms with E-state index in [1.807, 2.05) is 6.92 Å². The van der Waals surface area contributed by atoms with Gasteiger partial charge in [0.15, 0.2) is 5.82 Å². The molecule has 0 aromatic carbocycles. The average molecular weight is 237 g/mol. The van der Waals surface area contributed by atoms with Crippen molar-refractivity contribution in [3.63, 3.8) is 0 Å². The highest BCUT2D eigenvalue weighted by atomic mass is 16.3. The minimum Gasteiger partial charge on any atom is -0.393 e. The molecule has 0 bridgehead atoms. The van der Waals surface area contributed by atoms with Crippen molar-refractivity contribution in [1.82, 2.24) is 9.55 Å². The van der Waals surface area contributed by atoms with Crippen LogP contribution in [0.4, 0.5) is 5.82 Å². The van der Waals surface area contributed by atoms with Crippen LogP contribution in [0.3, 0.4) is 0 Å². The Morgan fingerprint density at radius 3 is 3.06 bits per heavy atom. The average Bonchev–Trinajstić information content (AvgIpc) is 2.74. The van der Waals surface area contributed by atoms with Crippen molar-refractivity contribution >= 4 is 5.82 Å². The molecule has 2 rings (SSSR count). The highest BCUT2D eigenvalue weighted by molar-refractivity contribution is 5.30. The van der Waals surface area contributed by atoms with Crippen LogP contribution in [0.25, 0.3) is 0 Å². The summed E-state index contributed by atoms with van der Waals surface area (Å²) in [6.45, 7) is 3.19. The Hall–Kier alpha value is -1.36. The first-order valence-corrected chi connectivity index (χ1v) is 6.19. The third-order valence-electron chi connectivity index (χ3n) is 3.41. The van der Waals surface area contributed by atoms with Crippen LogP contribution in [0, 0.1) is 5.92 Å². The van der Waals surface area contributed by atoms with E-state index in [1.165, 1.54) is 0 Å². The Bertz CT molecular complexity index is 430. The molecule has 1 aliphatic rings. The fraction of sp³-hybridized carbons (Fsp3) is 0.667. The van der Waals surface area contributed by atoms with Gasteiger partial charge in [0.25, 0.3) is 5.56 Å². The first-order valence-electron chi connectivity index (χ1n) is 6.19. The third-order valence-corrected chi connectivity index (χ3v) is 3.41. The van der Waals surface area contributed by atoms with Gasteiger partial charge in [-0.2, -0.15) is 0 Å². The van der Waals surface area contributed by atoms with Gasteiger partial charge in [0, 0.05) is 31.4 Å². The molecule has 1 aliphatic carbocycles. The zero-order valence-corrected chi connectivity index (χ0v) is 10.1. The monoisotopic (exact) mass is 237 g/mol. The van der Waals surface area contributed by atoms with Gasteiger partial charge in [0.05, 0.1) is 6.10 Å². The Labute approximate surface area is 100 Å². The normalized spacial score (nSPS) is 23.9. The number of aliphatic hydroxyl groups is 1. The second kappa shape index (κ2) is 5.31. The SMILES string of the molecule is CCn1ccnc(NCC2CCCC2O)c1=O. The van der Waals surface area contributed by atoms with Gasteiger partial charge in [-0.15, -0.1) is 0 Å². The first kappa shape index (κ1) is 12.1. The van der Waals surface area contributed by atoms with Crippen LogP contribution >= 0.6 is 0 Å². The summed E-state index contributed by atoms with van der Waals surface area (Å²) in [5.41, 5.74) is -0.0949. The zero-order chi connectivity index (χ0) is 12.3. The molecule has 1 aromatic rings. The molecule has 2 unspecified atom stereocenters. The van der Waals surface area contributed by atoms with Crippen molar-refractivity contribution in [2.45, 2.75) is 38.8 Å². The van der Waals surface area contributed by atoms with E-state index in [0.717, 1.165) is 19.3 Å². The highest BCUT2D eigenvalue weighted by Gasteiger charge is 2.25. The summed E-state index contributed by atoms with van der Waals surface area (Å²) in [4.78, 5) is 15.9. The molecule has 2 atom stereocenters. The van der Waals surface area contributed by atoms with Gasteiger partial charge < -0.3 is 15.0 Å². The standard InChI is InChI=1S/C12H19N3O2/c1-2-15-7-6-13-11(12(15)17)14-8-9-4-3-5-10(9)16/h6-7,9-10,16H,2-5,8H2,1H3,(H,13,14). The molecule has 0 radical (unpaired) electrons. The summed E-state index contributed by atoms with van der Waals surface area (Å²) in [5.74, 6) is 0.625. The molecule has 0 saturated heterocycles. The maximum atomic E-state index is 11.9. The smallest absolute Gasteiger partial charge is 0.293 e. The fourth-order valence-corrected chi connectivity index (χ4v) is 2.30. The van der Waals surface area contributed by atoms with Crippen molar-refractivity contribution in [3.8, 4) is 0 Å². The maximum Gasteiger partial charge on any atom is 0.293 e. The van der Waals surface area contributed by atoms with E-state index in [4.69, 9.17) is 0 Å². The largest absolute Gasteiger partial charge is 0.393 e. The second-order valence-electron chi connectivity index (χ2n) is 4.51. The molecule has 94 valence electrons. The number of nitrogens with one attached hydrogen (secondary N) is 1. The lowest BCUT2D eigenvalue weighted by atomic mass is 10.1. The summed E-state index contributed by atoms with van der Waals surface area (Å²) in [7, 11) is 0. The Balaban J connectivity index is 2.01. The molecule has 2 N–H and O–H groups in total. The lowest BCUT2D eigenvalue weighted by Crippen LogP contribution is -2.28. The van der Waals surface area contributed by atoms with E-state index in [0.29, 0.717) is 18.9 Å². The molecule has 0 aliphatic heterocycles. The molecular weight excluding hydrogens is 218 g/mol. The van der Waals surface area contributed by atoms with Gasteiger partial charge in [-0.3, -0.25) is 4.79 Å². The number of aliphatic hydroxyl groups excluding tert-OH is 1. The van der Waals surface area contributed by atoms with Crippen molar-refractivity contribution < 1.29 is 5.11 Å². The molecule has 1 fully saturated rings. The lowest BCUT2D eigenvalue weighted by Gasteiger charge is -2.15. The van der Waals surface area contributed by atoms with Gasteiger partial charge in [0.2, 0.25) is 0 Å². The Morgan fingerprint density at radius 1 is 1.59 bits per heavy atom. The van der Waals surface area contributed by atoms with Gasteiger partial charge in [-0.05, 0) is 19.8 Å². The quantitative estimate of drug-likeness (QED) is 0.814. The second-order valence-corrected chi connectivity index (χ2v) is 4.51. The molecule has 0 spiro atoms. The summed E-state index contributed by atoms with van der Waals surface area (Å²) in [5, 5.41) is 12.7. The van der Waals surface area contributed by atoms with E-state index in [1.54, 1.807) is 17.0 Å². The van der Waals surface area contributed by atoms with Crippen LogP contribution in [-0.4, -0.2) is 27.3 Å². The molecule has 17 heavy (non-hydrogen) atoms. The number of anilines is 1. The van der Waals surface area contributed by atoms with E-state index in [-0.39, 0.29) is 17.6 Å². The number of aromatic nitrogens is 2. The first-order chi connectivity index (χ1) is 8.22. The predicted octanol–water partition coefficient (Wildman–Crippen LogP) is 0.836. The topological polar surface area (TPSA) is 67.2 Å². The van der Waals surface area contributed by atoms with Crippen molar-refractivity contribution in [2.24, 2.45) is 5.92 Å². The number of nitrogens with zero attached hydrogens (tertiary/aromatic N) is 2.